The van der Waals surface area contributed by atoms with Crippen LogP contribution in [0.5, 0.6) is 0 Å². The topological polar surface area (TPSA) is 60.0 Å². The Morgan fingerprint density at radius 2 is 1.88 bits per heavy atom. The lowest BCUT2D eigenvalue weighted by Gasteiger charge is -2.21. The highest BCUT2D eigenvalue weighted by Gasteiger charge is 2.27. The number of benzene rings is 2. The normalized spacial score (nSPS) is 19.0. The number of hydrogen-bond acceptors (Lipinski definition) is 3. The second kappa shape index (κ2) is 9.97. The average Bonchev–Trinajstić information content (AvgIpc) is 3.40. The maximum atomic E-state index is 14.1. The van der Waals surface area contributed by atoms with Crippen LogP contribution in [-0.4, -0.2) is 49.5 Å². The van der Waals surface area contributed by atoms with Gasteiger partial charge >= 0.3 is 0 Å². The monoisotopic (exact) mass is 441 g/mol. The lowest BCUT2D eigenvalue weighted by atomic mass is 10.1. The molecule has 6 nitrogen and oxygen atoms in total. The quantitative estimate of drug-likeness (QED) is 0.535. The van der Waals surface area contributed by atoms with E-state index in [1.165, 1.54) is 18.2 Å². The summed E-state index contributed by atoms with van der Waals surface area (Å²) in [6.45, 7) is 3.12. The standard InChI is InChI=1S/C24H29F2N5O/c1-27-24(29-19-10-12-31(16-19)23-20(25)7-3-8-21(23)26)28-14-17-5-2-6-18(13-17)15-30-11-4-9-22(30)32/h2-3,5-8,13,19H,4,9-12,14-16H2,1H3,(H2,27,28,29). The van der Waals surface area contributed by atoms with Gasteiger partial charge in [0.1, 0.15) is 17.3 Å². The van der Waals surface area contributed by atoms with E-state index in [9.17, 15) is 13.6 Å². The third-order valence-electron chi connectivity index (χ3n) is 6.00. The lowest BCUT2D eigenvalue weighted by Crippen LogP contribution is -2.44. The first kappa shape index (κ1) is 22.0. The van der Waals surface area contributed by atoms with Gasteiger partial charge in [-0.15, -0.1) is 0 Å². The van der Waals surface area contributed by atoms with E-state index in [-0.39, 0.29) is 17.6 Å². The summed E-state index contributed by atoms with van der Waals surface area (Å²) in [6.07, 6.45) is 2.34. The minimum Gasteiger partial charge on any atom is -0.365 e. The molecule has 4 rings (SSSR count). The van der Waals surface area contributed by atoms with Crippen molar-refractivity contribution in [3.8, 4) is 0 Å². The van der Waals surface area contributed by atoms with Crippen molar-refractivity contribution in [1.29, 1.82) is 0 Å². The summed E-state index contributed by atoms with van der Waals surface area (Å²) in [4.78, 5) is 19.8. The third kappa shape index (κ3) is 5.18. The maximum Gasteiger partial charge on any atom is 0.222 e. The Hall–Kier alpha value is -3.16. The first-order valence-electron chi connectivity index (χ1n) is 11.0. The summed E-state index contributed by atoms with van der Waals surface area (Å²) >= 11 is 0. The van der Waals surface area contributed by atoms with E-state index in [2.05, 4.69) is 21.7 Å². The highest BCUT2D eigenvalue weighted by Crippen LogP contribution is 2.26. The van der Waals surface area contributed by atoms with Crippen LogP contribution in [-0.2, 0) is 17.9 Å². The molecule has 0 radical (unpaired) electrons. The first-order chi connectivity index (χ1) is 15.5. The molecule has 2 heterocycles. The van der Waals surface area contributed by atoms with Gasteiger partial charge in [-0.3, -0.25) is 9.79 Å². The van der Waals surface area contributed by atoms with Gasteiger partial charge in [-0.2, -0.15) is 0 Å². The zero-order chi connectivity index (χ0) is 22.5. The summed E-state index contributed by atoms with van der Waals surface area (Å²) in [5.74, 6) is -0.211. The number of carbonyl (C=O) groups excluding carboxylic acids is 1. The molecule has 2 aromatic rings. The smallest absolute Gasteiger partial charge is 0.222 e. The van der Waals surface area contributed by atoms with Crippen molar-refractivity contribution in [1.82, 2.24) is 15.5 Å². The van der Waals surface area contributed by atoms with Gasteiger partial charge < -0.3 is 20.4 Å². The molecule has 32 heavy (non-hydrogen) atoms. The van der Waals surface area contributed by atoms with Crippen LogP contribution in [0.3, 0.4) is 0 Å². The molecule has 2 aliphatic heterocycles. The summed E-state index contributed by atoms with van der Waals surface area (Å²) in [5.41, 5.74) is 2.24. The van der Waals surface area contributed by atoms with Gasteiger partial charge in [0, 0.05) is 52.2 Å². The number of likely N-dealkylation sites (tertiary alicyclic amines) is 1. The van der Waals surface area contributed by atoms with E-state index < -0.39 is 11.6 Å². The number of hydrogen-bond donors (Lipinski definition) is 2. The van der Waals surface area contributed by atoms with Crippen molar-refractivity contribution in [3.63, 3.8) is 0 Å². The first-order valence-corrected chi connectivity index (χ1v) is 11.0. The van der Waals surface area contributed by atoms with E-state index in [1.807, 2.05) is 23.1 Å². The molecule has 0 saturated carbocycles. The number of carbonyl (C=O) groups is 1. The summed E-state index contributed by atoms with van der Waals surface area (Å²) in [7, 11) is 1.70. The van der Waals surface area contributed by atoms with Gasteiger partial charge in [-0.25, -0.2) is 8.78 Å². The van der Waals surface area contributed by atoms with Crippen LogP contribution in [0.1, 0.15) is 30.4 Å². The SMILES string of the molecule is CN=C(NCc1cccc(CN2CCCC2=O)c1)NC1CCN(c2c(F)cccc2F)C1. The van der Waals surface area contributed by atoms with Crippen LogP contribution >= 0.6 is 0 Å². The van der Waals surface area contributed by atoms with Crippen LogP contribution in [0, 0.1) is 11.6 Å². The predicted molar refractivity (Wildman–Crippen MR) is 121 cm³/mol. The number of para-hydroxylation sites is 1. The Labute approximate surface area is 187 Å². The fourth-order valence-corrected chi connectivity index (χ4v) is 4.38. The van der Waals surface area contributed by atoms with E-state index in [4.69, 9.17) is 0 Å². The number of anilines is 1. The zero-order valence-electron chi connectivity index (χ0n) is 18.3. The fourth-order valence-electron chi connectivity index (χ4n) is 4.38. The third-order valence-corrected chi connectivity index (χ3v) is 6.00. The Kier molecular flexibility index (Phi) is 6.87. The lowest BCUT2D eigenvalue weighted by molar-refractivity contribution is -0.128. The molecule has 0 aromatic heterocycles. The van der Waals surface area contributed by atoms with Crippen molar-refractivity contribution in [2.45, 2.75) is 38.4 Å². The Bertz CT molecular complexity index is 976. The maximum absolute atomic E-state index is 14.1. The highest BCUT2D eigenvalue weighted by molar-refractivity contribution is 5.80. The van der Waals surface area contributed by atoms with Crippen LogP contribution in [0.15, 0.2) is 47.5 Å². The molecular weight excluding hydrogens is 412 g/mol. The Morgan fingerprint density at radius 1 is 1.12 bits per heavy atom. The van der Waals surface area contributed by atoms with Crippen molar-refractivity contribution in [2.75, 3.05) is 31.6 Å². The van der Waals surface area contributed by atoms with Crippen molar-refractivity contribution in [2.24, 2.45) is 4.99 Å². The molecule has 170 valence electrons. The van der Waals surface area contributed by atoms with Gasteiger partial charge in [-0.1, -0.05) is 30.3 Å². The molecule has 0 aliphatic carbocycles. The van der Waals surface area contributed by atoms with E-state index in [0.29, 0.717) is 38.6 Å². The minimum atomic E-state index is -0.538. The van der Waals surface area contributed by atoms with E-state index in [0.717, 1.165) is 30.5 Å². The van der Waals surface area contributed by atoms with Gasteiger partial charge in [0.2, 0.25) is 5.91 Å². The molecule has 2 aliphatic rings. The number of amides is 1. The summed E-state index contributed by atoms with van der Waals surface area (Å²) < 4.78 is 28.2. The van der Waals surface area contributed by atoms with E-state index in [1.54, 1.807) is 11.9 Å². The predicted octanol–water partition coefficient (Wildman–Crippen LogP) is 3.03. The van der Waals surface area contributed by atoms with Crippen molar-refractivity contribution < 1.29 is 13.6 Å². The fraction of sp³-hybridized carbons (Fsp3) is 0.417. The Morgan fingerprint density at radius 3 is 2.59 bits per heavy atom. The van der Waals surface area contributed by atoms with Crippen molar-refractivity contribution in [3.05, 3.63) is 65.2 Å². The molecule has 2 N–H and O–H groups in total. The zero-order valence-corrected chi connectivity index (χ0v) is 18.3. The molecule has 2 saturated heterocycles. The van der Waals surface area contributed by atoms with Crippen LogP contribution in [0.25, 0.3) is 0 Å². The largest absolute Gasteiger partial charge is 0.365 e. The minimum absolute atomic E-state index is 0.0349. The molecular formula is C24H29F2N5O. The van der Waals surface area contributed by atoms with Crippen LogP contribution < -0.4 is 15.5 Å². The number of rotatable bonds is 6. The number of aliphatic imine (C=N–C) groups is 1. The molecule has 1 unspecified atom stereocenters. The number of halogens is 2. The molecule has 8 heteroatoms. The van der Waals surface area contributed by atoms with Crippen LogP contribution in [0.2, 0.25) is 0 Å². The molecule has 0 spiro atoms. The summed E-state index contributed by atoms with van der Waals surface area (Å²) in [5, 5.41) is 6.66. The Balaban J connectivity index is 1.30. The van der Waals surface area contributed by atoms with Gasteiger partial charge in [0.25, 0.3) is 0 Å². The van der Waals surface area contributed by atoms with Gasteiger partial charge in [-0.05, 0) is 36.1 Å². The second-order valence-corrected chi connectivity index (χ2v) is 8.31. The highest BCUT2D eigenvalue weighted by atomic mass is 19.1. The van der Waals surface area contributed by atoms with Gasteiger partial charge in [0.05, 0.1) is 0 Å². The van der Waals surface area contributed by atoms with Gasteiger partial charge in [0.15, 0.2) is 5.96 Å². The number of nitrogens with zero attached hydrogens (tertiary/aromatic N) is 3. The molecule has 2 fully saturated rings. The van der Waals surface area contributed by atoms with Crippen molar-refractivity contribution >= 4 is 17.6 Å². The molecule has 2 aromatic carbocycles. The van der Waals surface area contributed by atoms with Crippen LogP contribution in [0.4, 0.5) is 14.5 Å². The number of nitrogens with one attached hydrogen (secondary N) is 2. The molecule has 1 amide bonds. The second-order valence-electron chi connectivity index (χ2n) is 8.31. The molecule has 0 bridgehead atoms. The molecule has 1 atom stereocenters. The number of guanidine groups is 1. The summed E-state index contributed by atoms with van der Waals surface area (Å²) in [6, 6.07) is 12.2. The van der Waals surface area contributed by atoms with E-state index >= 15 is 0 Å². The average molecular weight is 442 g/mol.